The average molecular weight is 602 g/mol. The molecule has 0 aliphatic carbocycles. The third kappa shape index (κ3) is 7.71. The second-order valence-electron chi connectivity index (χ2n) is 8.58. The first-order valence-electron chi connectivity index (χ1n) is 12.3. The maximum atomic E-state index is 12.9. The van der Waals surface area contributed by atoms with Gasteiger partial charge in [-0.1, -0.05) is 35.3 Å². The van der Waals surface area contributed by atoms with E-state index in [1.54, 1.807) is 60.7 Å². The van der Waals surface area contributed by atoms with E-state index in [9.17, 15) is 14.4 Å². The monoisotopic (exact) mass is 600 g/mol. The van der Waals surface area contributed by atoms with Crippen LogP contribution >= 0.6 is 35.0 Å². The molecule has 0 bridgehead atoms. The number of anilines is 1. The van der Waals surface area contributed by atoms with Crippen LogP contribution in [0.15, 0.2) is 65.6 Å². The molecule has 0 radical (unpaired) electrons. The fourth-order valence-electron chi connectivity index (χ4n) is 3.64. The third-order valence-electron chi connectivity index (χ3n) is 5.65. The normalized spacial score (nSPS) is 14.0. The Labute approximate surface area is 246 Å². The van der Waals surface area contributed by atoms with Gasteiger partial charge in [0.05, 0.1) is 18.1 Å². The van der Waals surface area contributed by atoms with Gasteiger partial charge in [0, 0.05) is 15.7 Å². The van der Waals surface area contributed by atoms with E-state index in [1.165, 1.54) is 0 Å². The Balaban J connectivity index is 1.37. The molecule has 0 atom stereocenters. The number of nitrogens with one attached hydrogen (secondary N) is 1. The van der Waals surface area contributed by atoms with Crippen molar-refractivity contribution in [3.05, 3.63) is 86.7 Å². The Morgan fingerprint density at radius 1 is 0.975 bits per heavy atom. The lowest BCUT2D eigenvalue weighted by Crippen LogP contribution is -2.32. The lowest BCUT2D eigenvalue weighted by Gasteiger charge is -2.14. The minimum atomic E-state index is -0.402. The predicted octanol–water partition coefficient (Wildman–Crippen LogP) is 6.83. The van der Waals surface area contributed by atoms with Crippen LogP contribution in [0.25, 0.3) is 6.08 Å². The van der Waals surface area contributed by atoms with Crippen molar-refractivity contribution in [2.24, 2.45) is 0 Å². The number of benzene rings is 3. The van der Waals surface area contributed by atoms with Crippen molar-refractivity contribution in [3.8, 4) is 17.2 Å². The first-order chi connectivity index (χ1) is 19.2. The number of carbonyl (C=O) groups excluding carboxylic acids is 3. The number of ether oxygens (including phenoxy) is 3. The maximum Gasteiger partial charge on any atom is 0.293 e. The van der Waals surface area contributed by atoms with E-state index in [-0.39, 0.29) is 35.8 Å². The van der Waals surface area contributed by atoms with E-state index >= 15 is 0 Å². The molecule has 1 N–H and O–H groups in total. The van der Waals surface area contributed by atoms with Crippen molar-refractivity contribution in [3.63, 3.8) is 0 Å². The number of hydrogen-bond acceptors (Lipinski definition) is 7. The van der Waals surface area contributed by atoms with Gasteiger partial charge in [-0.3, -0.25) is 19.3 Å². The molecular weight excluding hydrogens is 575 g/mol. The first kappa shape index (κ1) is 29.3. The topological polar surface area (TPSA) is 94.2 Å². The van der Waals surface area contributed by atoms with E-state index < -0.39 is 5.91 Å². The number of imide groups is 1. The van der Waals surface area contributed by atoms with E-state index in [0.29, 0.717) is 45.2 Å². The Morgan fingerprint density at radius 3 is 2.48 bits per heavy atom. The number of nitrogens with zero attached hydrogens (tertiary/aromatic N) is 1. The largest absolute Gasteiger partial charge is 0.492 e. The predicted molar refractivity (Wildman–Crippen MR) is 158 cm³/mol. The minimum Gasteiger partial charge on any atom is -0.492 e. The smallest absolute Gasteiger partial charge is 0.293 e. The van der Waals surface area contributed by atoms with Crippen LogP contribution in [-0.2, 0) is 9.59 Å². The third-order valence-corrected chi connectivity index (χ3v) is 7.22. The number of aryl methyl sites for hydroxylation is 1. The molecule has 0 unspecified atom stereocenters. The summed E-state index contributed by atoms with van der Waals surface area (Å²) in [7, 11) is 0. The standard InChI is InChI=1S/C29H26Cl2N2O6S/c1-3-37-25-14-19(5-11-24(25)39-17-27(34)32-21-8-4-18(2)23(31)16-21)15-26-28(35)33(29(36)40-26)12-13-38-22-9-6-20(30)7-10-22/h4-11,14-16H,3,12-13,17H2,1-2H3,(H,32,34)/b26-15-. The molecule has 3 aromatic carbocycles. The molecule has 208 valence electrons. The zero-order valence-corrected chi connectivity index (χ0v) is 24.1. The second kappa shape index (κ2) is 13.6. The van der Waals surface area contributed by atoms with Crippen LogP contribution in [0.3, 0.4) is 0 Å². The van der Waals surface area contributed by atoms with Gasteiger partial charge in [0.2, 0.25) is 0 Å². The van der Waals surface area contributed by atoms with E-state index in [0.717, 1.165) is 22.2 Å². The summed E-state index contributed by atoms with van der Waals surface area (Å²) in [4.78, 5) is 39.2. The van der Waals surface area contributed by atoms with Crippen LogP contribution in [-0.4, -0.2) is 48.3 Å². The van der Waals surface area contributed by atoms with Gasteiger partial charge in [-0.15, -0.1) is 0 Å². The van der Waals surface area contributed by atoms with Crippen molar-refractivity contribution in [1.29, 1.82) is 0 Å². The molecule has 40 heavy (non-hydrogen) atoms. The summed E-state index contributed by atoms with van der Waals surface area (Å²) in [6.07, 6.45) is 1.62. The zero-order valence-electron chi connectivity index (χ0n) is 21.7. The summed E-state index contributed by atoms with van der Waals surface area (Å²) in [6.45, 7) is 4.07. The second-order valence-corrected chi connectivity index (χ2v) is 10.4. The lowest BCUT2D eigenvalue weighted by atomic mass is 10.2. The van der Waals surface area contributed by atoms with Gasteiger partial charge in [-0.05, 0) is 91.3 Å². The zero-order chi connectivity index (χ0) is 28.6. The summed E-state index contributed by atoms with van der Waals surface area (Å²) in [5.41, 5.74) is 2.11. The first-order valence-corrected chi connectivity index (χ1v) is 13.9. The molecule has 1 heterocycles. The van der Waals surface area contributed by atoms with Crippen LogP contribution in [0.5, 0.6) is 17.2 Å². The molecule has 1 saturated heterocycles. The van der Waals surface area contributed by atoms with Gasteiger partial charge in [-0.25, -0.2) is 0 Å². The quantitative estimate of drug-likeness (QED) is 0.241. The van der Waals surface area contributed by atoms with Crippen molar-refractivity contribution in [2.75, 3.05) is 31.7 Å². The van der Waals surface area contributed by atoms with Crippen molar-refractivity contribution < 1.29 is 28.6 Å². The average Bonchev–Trinajstić information content (AvgIpc) is 3.19. The van der Waals surface area contributed by atoms with Crippen LogP contribution in [0.4, 0.5) is 10.5 Å². The van der Waals surface area contributed by atoms with E-state index in [2.05, 4.69) is 5.32 Å². The Morgan fingerprint density at radius 2 is 1.75 bits per heavy atom. The fourth-order valence-corrected chi connectivity index (χ4v) is 4.81. The van der Waals surface area contributed by atoms with Gasteiger partial charge in [-0.2, -0.15) is 0 Å². The Hall–Kier alpha value is -3.66. The molecule has 4 rings (SSSR count). The maximum absolute atomic E-state index is 12.9. The molecule has 3 amide bonds. The SMILES string of the molecule is CCOc1cc(/C=C2\SC(=O)N(CCOc3ccc(Cl)cc3)C2=O)ccc1OCC(=O)Nc1ccc(C)c(Cl)c1. The van der Waals surface area contributed by atoms with Gasteiger partial charge >= 0.3 is 0 Å². The molecule has 0 saturated carbocycles. The fraction of sp³-hybridized carbons (Fsp3) is 0.207. The number of hydrogen-bond donors (Lipinski definition) is 1. The molecule has 11 heteroatoms. The summed E-state index contributed by atoms with van der Waals surface area (Å²) in [5.74, 6) is 0.595. The number of halogens is 2. The number of rotatable bonds is 11. The summed E-state index contributed by atoms with van der Waals surface area (Å²) in [6, 6.07) is 17.1. The van der Waals surface area contributed by atoms with E-state index in [1.807, 2.05) is 19.9 Å². The molecular formula is C29H26Cl2N2O6S. The van der Waals surface area contributed by atoms with Crippen LogP contribution < -0.4 is 19.5 Å². The van der Waals surface area contributed by atoms with Crippen LogP contribution in [0.1, 0.15) is 18.1 Å². The van der Waals surface area contributed by atoms with Gasteiger partial charge < -0.3 is 19.5 Å². The van der Waals surface area contributed by atoms with Gasteiger partial charge in [0.1, 0.15) is 12.4 Å². The molecule has 1 aliphatic heterocycles. The summed E-state index contributed by atoms with van der Waals surface area (Å²) < 4.78 is 17.0. The summed E-state index contributed by atoms with van der Waals surface area (Å²) >= 11 is 12.8. The highest BCUT2D eigenvalue weighted by atomic mass is 35.5. The van der Waals surface area contributed by atoms with Crippen molar-refractivity contribution in [2.45, 2.75) is 13.8 Å². The lowest BCUT2D eigenvalue weighted by molar-refractivity contribution is -0.123. The molecule has 1 aliphatic rings. The molecule has 8 nitrogen and oxygen atoms in total. The van der Waals surface area contributed by atoms with Gasteiger partial charge in [0.25, 0.3) is 17.1 Å². The molecule has 1 fully saturated rings. The Bertz CT molecular complexity index is 1440. The van der Waals surface area contributed by atoms with Crippen molar-refractivity contribution >= 4 is 63.8 Å². The molecule has 0 aromatic heterocycles. The molecule has 3 aromatic rings. The minimum absolute atomic E-state index is 0.110. The number of carbonyl (C=O) groups is 3. The number of thioether (sulfide) groups is 1. The van der Waals surface area contributed by atoms with Crippen LogP contribution in [0.2, 0.25) is 10.0 Å². The van der Waals surface area contributed by atoms with E-state index in [4.69, 9.17) is 37.4 Å². The Kier molecular flexibility index (Phi) is 9.98. The molecule has 0 spiro atoms. The van der Waals surface area contributed by atoms with Crippen molar-refractivity contribution in [1.82, 2.24) is 4.90 Å². The van der Waals surface area contributed by atoms with Crippen LogP contribution in [0, 0.1) is 6.92 Å². The highest BCUT2D eigenvalue weighted by molar-refractivity contribution is 8.18. The highest BCUT2D eigenvalue weighted by Gasteiger charge is 2.34. The number of amides is 3. The van der Waals surface area contributed by atoms with Gasteiger partial charge in [0.15, 0.2) is 18.1 Å². The highest BCUT2D eigenvalue weighted by Crippen LogP contribution is 2.34. The summed E-state index contributed by atoms with van der Waals surface area (Å²) in [5, 5.41) is 3.51.